The molecule has 0 fully saturated rings. The van der Waals surface area contributed by atoms with E-state index in [0.717, 1.165) is 5.56 Å². The first-order valence-electron chi connectivity index (χ1n) is 9.22. The minimum absolute atomic E-state index is 0.00119. The largest absolute Gasteiger partial charge is 0.456 e. The van der Waals surface area contributed by atoms with Crippen LogP contribution in [-0.2, 0) is 6.54 Å². The van der Waals surface area contributed by atoms with Crippen LogP contribution in [0.3, 0.4) is 0 Å². The predicted octanol–water partition coefficient (Wildman–Crippen LogP) is 5.32. The van der Waals surface area contributed by atoms with E-state index in [1.807, 2.05) is 6.07 Å². The number of halogens is 3. The van der Waals surface area contributed by atoms with E-state index in [0.29, 0.717) is 36.1 Å². The molecule has 3 aromatic rings. The monoisotopic (exact) mass is 460 g/mol. The fourth-order valence-electron chi connectivity index (χ4n) is 3.17. The van der Waals surface area contributed by atoms with Gasteiger partial charge in [-0.3, -0.25) is 15.1 Å². The van der Waals surface area contributed by atoms with Crippen molar-refractivity contribution in [3.05, 3.63) is 91.8 Å². The summed E-state index contributed by atoms with van der Waals surface area (Å²) in [4.78, 5) is 21.4. The lowest BCUT2D eigenvalue weighted by atomic mass is 10.2. The Labute approximate surface area is 186 Å². The van der Waals surface area contributed by atoms with E-state index < -0.39 is 10.7 Å². The third-order valence-corrected chi connectivity index (χ3v) is 5.16. The van der Waals surface area contributed by atoms with Gasteiger partial charge in [0.2, 0.25) is 5.84 Å². The molecule has 0 saturated heterocycles. The number of pyridine rings is 1. The lowest BCUT2D eigenvalue weighted by Crippen LogP contribution is -2.30. The summed E-state index contributed by atoms with van der Waals surface area (Å²) < 4.78 is 19.4. The first-order valence-corrected chi connectivity index (χ1v) is 9.98. The molecule has 0 amide bonds. The van der Waals surface area contributed by atoms with Crippen LogP contribution >= 0.6 is 23.2 Å². The Morgan fingerprint density at radius 1 is 1.26 bits per heavy atom. The summed E-state index contributed by atoms with van der Waals surface area (Å²) in [5.74, 6) is 0.295. The highest BCUT2D eigenvalue weighted by Gasteiger charge is 2.29. The standard InChI is InChI=1S/C21H15Cl2FN4O3/c22-16-4-2-14(9-17(16)24)19-5-3-15(31-19)10-18(28(29)30)21-25-7-8-27(21)12-13-1-6-20(23)26-11-13/h1-6,9-11H,7-8,12H2/b18-10+. The van der Waals surface area contributed by atoms with Crippen molar-refractivity contribution in [3.8, 4) is 11.3 Å². The number of nitro groups is 1. The summed E-state index contributed by atoms with van der Waals surface area (Å²) in [6, 6.07) is 10.9. The molecule has 1 aliphatic rings. The number of aromatic nitrogens is 1. The summed E-state index contributed by atoms with van der Waals surface area (Å²) >= 11 is 11.5. The fourth-order valence-corrected chi connectivity index (χ4v) is 3.40. The van der Waals surface area contributed by atoms with Crippen LogP contribution in [-0.4, -0.2) is 33.7 Å². The van der Waals surface area contributed by atoms with Gasteiger partial charge in [-0.05, 0) is 42.0 Å². The zero-order valence-corrected chi connectivity index (χ0v) is 17.5. The maximum absolute atomic E-state index is 13.7. The van der Waals surface area contributed by atoms with Crippen molar-refractivity contribution >= 4 is 35.1 Å². The number of furan rings is 1. The Bertz CT molecular complexity index is 1190. The second-order valence-corrected chi connectivity index (χ2v) is 7.53. The Hall–Kier alpha value is -3.23. The van der Waals surface area contributed by atoms with E-state index in [9.17, 15) is 14.5 Å². The van der Waals surface area contributed by atoms with Gasteiger partial charge in [0, 0.05) is 24.8 Å². The minimum atomic E-state index is -0.578. The summed E-state index contributed by atoms with van der Waals surface area (Å²) in [6.45, 7) is 1.38. The van der Waals surface area contributed by atoms with Crippen molar-refractivity contribution < 1.29 is 13.7 Å². The van der Waals surface area contributed by atoms with Gasteiger partial charge in [0.1, 0.15) is 22.5 Å². The molecule has 1 aliphatic heterocycles. The van der Waals surface area contributed by atoms with Gasteiger partial charge in [-0.1, -0.05) is 29.3 Å². The highest BCUT2D eigenvalue weighted by atomic mass is 35.5. The minimum Gasteiger partial charge on any atom is -0.456 e. The highest BCUT2D eigenvalue weighted by Crippen LogP contribution is 2.27. The van der Waals surface area contributed by atoms with Crippen LogP contribution in [0.15, 0.2) is 63.8 Å². The Balaban J connectivity index is 1.59. The van der Waals surface area contributed by atoms with E-state index in [2.05, 4.69) is 9.98 Å². The molecule has 10 heteroatoms. The molecule has 0 unspecified atom stereocenters. The number of rotatable bonds is 6. The molecule has 2 aromatic heterocycles. The van der Waals surface area contributed by atoms with Crippen molar-refractivity contribution in [2.24, 2.45) is 4.99 Å². The molecule has 7 nitrogen and oxygen atoms in total. The van der Waals surface area contributed by atoms with Gasteiger partial charge in [0.25, 0.3) is 0 Å². The van der Waals surface area contributed by atoms with Crippen LogP contribution in [0.2, 0.25) is 10.2 Å². The van der Waals surface area contributed by atoms with Gasteiger partial charge in [-0.2, -0.15) is 0 Å². The fraction of sp³-hybridized carbons (Fsp3) is 0.143. The molecule has 158 valence electrons. The third kappa shape index (κ3) is 4.76. The molecule has 3 heterocycles. The van der Waals surface area contributed by atoms with Gasteiger partial charge in [-0.25, -0.2) is 9.37 Å². The van der Waals surface area contributed by atoms with Crippen LogP contribution in [0.1, 0.15) is 11.3 Å². The van der Waals surface area contributed by atoms with Crippen molar-refractivity contribution in [2.75, 3.05) is 13.1 Å². The summed E-state index contributed by atoms with van der Waals surface area (Å²) in [5, 5.41) is 12.2. The van der Waals surface area contributed by atoms with Crippen LogP contribution in [0.4, 0.5) is 4.39 Å². The molecule has 1 aromatic carbocycles. The molecule has 0 atom stereocenters. The third-order valence-electron chi connectivity index (χ3n) is 4.63. The van der Waals surface area contributed by atoms with Crippen molar-refractivity contribution in [1.82, 2.24) is 9.88 Å². The van der Waals surface area contributed by atoms with E-state index in [1.165, 1.54) is 18.2 Å². The molecule has 31 heavy (non-hydrogen) atoms. The van der Waals surface area contributed by atoms with Crippen LogP contribution in [0.5, 0.6) is 0 Å². The van der Waals surface area contributed by atoms with Crippen molar-refractivity contribution in [2.45, 2.75) is 6.54 Å². The van der Waals surface area contributed by atoms with Crippen molar-refractivity contribution in [1.29, 1.82) is 0 Å². The molecule has 0 N–H and O–H groups in total. The summed E-state index contributed by atoms with van der Waals surface area (Å²) in [5.41, 5.74) is 1.13. The lowest BCUT2D eigenvalue weighted by molar-refractivity contribution is -0.414. The van der Waals surface area contributed by atoms with E-state index in [-0.39, 0.29) is 22.3 Å². The predicted molar refractivity (Wildman–Crippen MR) is 116 cm³/mol. The first kappa shape index (κ1) is 21.0. The number of hydrogen-bond acceptors (Lipinski definition) is 6. The smallest absolute Gasteiger partial charge is 0.314 e. The van der Waals surface area contributed by atoms with Crippen LogP contribution < -0.4 is 0 Å². The maximum atomic E-state index is 13.7. The number of nitrogens with zero attached hydrogens (tertiary/aromatic N) is 4. The Morgan fingerprint density at radius 2 is 2.10 bits per heavy atom. The van der Waals surface area contributed by atoms with Crippen LogP contribution in [0.25, 0.3) is 17.4 Å². The summed E-state index contributed by atoms with van der Waals surface area (Å²) in [6.07, 6.45) is 2.94. The SMILES string of the molecule is O=[N+]([O-])/C(=C/c1ccc(-c2ccc(Cl)c(F)c2)o1)C1=NCCN1Cc1ccc(Cl)nc1. The lowest BCUT2D eigenvalue weighted by Gasteiger charge is -2.18. The molecular weight excluding hydrogens is 446 g/mol. The Morgan fingerprint density at radius 3 is 2.81 bits per heavy atom. The summed E-state index contributed by atoms with van der Waals surface area (Å²) in [7, 11) is 0. The Kier molecular flexibility index (Phi) is 6.01. The molecule has 0 radical (unpaired) electrons. The number of amidine groups is 1. The van der Waals surface area contributed by atoms with E-state index in [4.69, 9.17) is 27.6 Å². The van der Waals surface area contributed by atoms with E-state index >= 15 is 0 Å². The molecule has 0 bridgehead atoms. The molecular formula is C21H15Cl2FN4O3. The van der Waals surface area contributed by atoms with Gasteiger partial charge in [0.05, 0.1) is 22.6 Å². The second-order valence-electron chi connectivity index (χ2n) is 6.73. The maximum Gasteiger partial charge on any atom is 0.314 e. The molecule has 4 rings (SSSR count). The highest BCUT2D eigenvalue weighted by molar-refractivity contribution is 6.30. The number of benzene rings is 1. The number of aliphatic imine (C=N–C) groups is 1. The quantitative estimate of drug-likeness (QED) is 0.282. The zero-order chi connectivity index (χ0) is 22.0. The van der Waals surface area contributed by atoms with Gasteiger partial charge >= 0.3 is 5.70 Å². The zero-order valence-electron chi connectivity index (χ0n) is 16.0. The van der Waals surface area contributed by atoms with E-state index in [1.54, 1.807) is 35.4 Å². The first-order chi connectivity index (χ1) is 14.9. The number of hydrogen-bond donors (Lipinski definition) is 0. The van der Waals surface area contributed by atoms with Gasteiger partial charge in [-0.15, -0.1) is 0 Å². The average Bonchev–Trinajstić information content (AvgIpc) is 3.39. The average molecular weight is 461 g/mol. The molecule has 0 aliphatic carbocycles. The van der Waals surface area contributed by atoms with Crippen molar-refractivity contribution in [3.63, 3.8) is 0 Å². The van der Waals surface area contributed by atoms with Gasteiger partial charge in [0.15, 0.2) is 0 Å². The second kappa shape index (κ2) is 8.87. The normalized spacial score (nSPS) is 14.1. The molecule has 0 spiro atoms. The van der Waals surface area contributed by atoms with Crippen LogP contribution in [0, 0.1) is 15.9 Å². The topological polar surface area (TPSA) is 84.8 Å². The molecule has 0 saturated carbocycles. The van der Waals surface area contributed by atoms with Gasteiger partial charge < -0.3 is 9.32 Å².